The molecule has 0 aliphatic carbocycles. The van der Waals surface area contributed by atoms with E-state index < -0.39 is 5.41 Å². The van der Waals surface area contributed by atoms with Crippen molar-refractivity contribution in [3.63, 3.8) is 0 Å². The number of hydrogen-bond acceptors (Lipinski definition) is 5. The molecule has 124 valence electrons. The van der Waals surface area contributed by atoms with Crippen molar-refractivity contribution >= 4 is 5.91 Å². The van der Waals surface area contributed by atoms with Crippen molar-refractivity contribution in [3.8, 4) is 11.3 Å². The minimum atomic E-state index is -0.400. The maximum atomic E-state index is 12.0. The van der Waals surface area contributed by atoms with Gasteiger partial charge in [0.25, 0.3) is 0 Å². The number of hydrogen-bond donors (Lipinski definition) is 1. The third-order valence-corrected chi connectivity index (χ3v) is 3.72. The SMILES string of the molecule is Cc1ncc(-c2onc(C)c2C)c(CCNC(=O)C(C)(C)C)n1. The monoisotopic (exact) mass is 316 g/mol. The summed E-state index contributed by atoms with van der Waals surface area (Å²) in [6.07, 6.45) is 2.37. The van der Waals surface area contributed by atoms with E-state index in [-0.39, 0.29) is 5.91 Å². The van der Waals surface area contributed by atoms with Crippen LogP contribution in [0.15, 0.2) is 10.7 Å². The molecule has 0 spiro atoms. The van der Waals surface area contributed by atoms with Gasteiger partial charge >= 0.3 is 0 Å². The quantitative estimate of drug-likeness (QED) is 0.938. The molecule has 1 amide bonds. The van der Waals surface area contributed by atoms with Crippen LogP contribution in [-0.4, -0.2) is 27.6 Å². The van der Waals surface area contributed by atoms with Gasteiger partial charge in [-0.05, 0) is 20.8 Å². The molecule has 2 aromatic rings. The Balaban J connectivity index is 2.20. The summed E-state index contributed by atoms with van der Waals surface area (Å²) in [5, 5.41) is 6.94. The molecule has 2 rings (SSSR count). The van der Waals surface area contributed by atoms with Gasteiger partial charge in [0, 0.05) is 30.1 Å². The van der Waals surface area contributed by atoms with Crippen molar-refractivity contribution in [2.75, 3.05) is 6.54 Å². The Labute approximate surface area is 136 Å². The minimum Gasteiger partial charge on any atom is -0.356 e. The Kier molecular flexibility index (Phi) is 4.82. The van der Waals surface area contributed by atoms with Crippen LogP contribution in [0.4, 0.5) is 0 Å². The van der Waals surface area contributed by atoms with E-state index >= 15 is 0 Å². The first-order chi connectivity index (χ1) is 10.7. The van der Waals surface area contributed by atoms with Gasteiger partial charge in [0.05, 0.1) is 17.0 Å². The number of carbonyl (C=O) groups is 1. The molecule has 0 aliphatic rings. The van der Waals surface area contributed by atoms with Crippen molar-refractivity contribution in [3.05, 3.63) is 29.0 Å². The van der Waals surface area contributed by atoms with Gasteiger partial charge in [-0.25, -0.2) is 9.97 Å². The second-order valence-electron chi connectivity index (χ2n) is 6.76. The number of nitrogens with zero attached hydrogens (tertiary/aromatic N) is 3. The van der Waals surface area contributed by atoms with Crippen LogP contribution in [0.3, 0.4) is 0 Å². The van der Waals surface area contributed by atoms with E-state index in [4.69, 9.17) is 4.52 Å². The number of aryl methyl sites for hydroxylation is 2. The van der Waals surface area contributed by atoms with Crippen molar-refractivity contribution < 1.29 is 9.32 Å². The first kappa shape index (κ1) is 17.1. The van der Waals surface area contributed by atoms with Gasteiger partial charge in [0.15, 0.2) is 5.76 Å². The molecule has 2 heterocycles. The van der Waals surface area contributed by atoms with Crippen molar-refractivity contribution in [1.82, 2.24) is 20.4 Å². The van der Waals surface area contributed by atoms with Crippen molar-refractivity contribution in [2.24, 2.45) is 5.41 Å². The van der Waals surface area contributed by atoms with Crippen LogP contribution in [0, 0.1) is 26.2 Å². The van der Waals surface area contributed by atoms with E-state index in [1.54, 1.807) is 6.20 Å². The zero-order chi connectivity index (χ0) is 17.2. The fourth-order valence-corrected chi connectivity index (χ4v) is 2.12. The molecular weight excluding hydrogens is 292 g/mol. The Bertz CT molecular complexity index is 714. The van der Waals surface area contributed by atoms with E-state index in [1.165, 1.54) is 0 Å². The number of carbonyl (C=O) groups excluding carboxylic acids is 1. The standard InChI is InChI=1S/C17H24N4O2/c1-10-11(2)21-23-15(10)13-9-19-12(3)20-14(13)7-8-18-16(22)17(4,5)6/h9H,7-8H2,1-6H3,(H,18,22). The fourth-order valence-electron chi connectivity index (χ4n) is 2.12. The van der Waals surface area contributed by atoms with E-state index in [2.05, 4.69) is 20.4 Å². The number of aromatic nitrogens is 3. The zero-order valence-electron chi connectivity index (χ0n) is 14.6. The first-order valence-corrected chi connectivity index (χ1v) is 7.74. The summed E-state index contributed by atoms with van der Waals surface area (Å²) < 4.78 is 5.43. The first-order valence-electron chi connectivity index (χ1n) is 7.74. The molecule has 23 heavy (non-hydrogen) atoms. The molecule has 0 bridgehead atoms. The lowest BCUT2D eigenvalue weighted by Crippen LogP contribution is -2.36. The van der Waals surface area contributed by atoms with Gasteiger partial charge < -0.3 is 9.84 Å². The number of rotatable bonds is 4. The minimum absolute atomic E-state index is 0.0246. The number of nitrogens with one attached hydrogen (secondary N) is 1. The number of amides is 1. The predicted octanol–water partition coefficient (Wildman–Crippen LogP) is 2.76. The summed E-state index contributed by atoms with van der Waals surface area (Å²) in [7, 11) is 0. The third kappa shape index (κ3) is 3.94. The molecule has 2 aromatic heterocycles. The molecule has 1 N–H and O–H groups in total. The van der Waals surface area contributed by atoms with Gasteiger partial charge in [-0.3, -0.25) is 4.79 Å². The van der Waals surface area contributed by atoms with E-state index in [0.29, 0.717) is 24.6 Å². The van der Waals surface area contributed by atoms with Crippen LogP contribution < -0.4 is 5.32 Å². The van der Waals surface area contributed by atoms with Gasteiger partial charge in [-0.1, -0.05) is 25.9 Å². The van der Waals surface area contributed by atoms with Crippen molar-refractivity contribution in [1.29, 1.82) is 0 Å². The summed E-state index contributed by atoms with van der Waals surface area (Å²) >= 11 is 0. The predicted molar refractivity (Wildman–Crippen MR) is 87.9 cm³/mol. The zero-order valence-corrected chi connectivity index (χ0v) is 14.6. The van der Waals surface area contributed by atoms with Crippen LogP contribution in [0.1, 0.15) is 43.5 Å². The lowest BCUT2D eigenvalue weighted by molar-refractivity contribution is -0.128. The second kappa shape index (κ2) is 6.48. The third-order valence-electron chi connectivity index (χ3n) is 3.72. The Morgan fingerprint density at radius 2 is 1.96 bits per heavy atom. The molecule has 6 nitrogen and oxygen atoms in total. The highest BCUT2D eigenvalue weighted by Crippen LogP contribution is 2.27. The fraction of sp³-hybridized carbons (Fsp3) is 0.529. The highest BCUT2D eigenvalue weighted by Gasteiger charge is 2.21. The highest BCUT2D eigenvalue weighted by atomic mass is 16.5. The molecular formula is C17H24N4O2. The lowest BCUT2D eigenvalue weighted by atomic mass is 9.95. The van der Waals surface area contributed by atoms with Gasteiger partial charge in [0.2, 0.25) is 5.91 Å². The van der Waals surface area contributed by atoms with Crippen LogP contribution in [-0.2, 0) is 11.2 Å². The summed E-state index contributed by atoms with van der Waals surface area (Å²) in [5.41, 5.74) is 3.12. The maximum absolute atomic E-state index is 12.0. The van der Waals surface area contributed by atoms with E-state index in [9.17, 15) is 4.79 Å². The summed E-state index contributed by atoms with van der Waals surface area (Å²) in [6.45, 7) is 11.9. The largest absolute Gasteiger partial charge is 0.356 e. The smallest absolute Gasteiger partial charge is 0.225 e. The van der Waals surface area contributed by atoms with Crippen LogP contribution in [0.25, 0.3) is 11.3 Å². The molecule has 0 fully saturated rings. The van der Waals surface area contributed by atoms with Crippen LogP contribution >= 0.6 is 0 Å². The van der Waals surface area contributed by atoms with Crippen molar-refractivity contribution in [2.45, 2.75) is 48.0 Å². The Morgan fingerprint density at radius 1 is 1.26 bits per heavy atom. The lowest BCUT2D eigenvalue weighted by Gasteiger charge is -2.17. The highest BCUT2D eigenvalue weighted by molar-refractivity contribution is 5.81. The molecule has 0 aromatic carbocycles. The average molecular weight is 316 g/mol. The molecule has 0 saturated heterocycles. The topological polar surface area (TPSA) is 80.9 Å². The molecule has 0 radical (unpaired) electrons. The van der Waals surface area contributed by atoms with Crippen LogP contribution in [0.5, 0.6) is 0 Å². The van der Waals surface area contributed by atoms with E-state index in [0.717, 1.165) is 22.5 Å². The molecule has 0 unspecified atom stereocenters. The Hall–Kier alpha value is -2.24. The molecule has 0 aliphatic heterocycles. The molecule has 0 saturated carbocycles. The molecule has 6 heteroatoms. The second-order valence-corrected chi connectivity index (χ2v) is 6.76. The van der Waals surface area contributed by atoms with Gasteiger partial charge in [-0.15, -0.1) is 0 Å². The van der Waals surface area contributed by atoms with Crippen LogP contribution in [0.2, 0.25) is 0 Å². The normalized spacial score (nSPS) is 11.6. The summed E-state index contributed by atoms with van der Waals surface area (Å²) in [4.78, 5) is 20.7. The van der Waals surface area contributed by atoms with Gasteiger partial charge in [0.1, 0.15) is 5.82 Å². The Morgan fingerprint density at radius 3 is 2.52 bits per heavy atom. The average Bonchev–Trinajstić information content (AvgIpc) is 2.78. The van der Waals surface area contributed by atoms with E-state index in [1.807, 2.05) is 41.5 Å². The summed E-state index contributed by atoms with van der Waals surface area (Å²) in [5.74, 6) is 1.41. The molecule has 0 atom stereocenters. The van der Waals surface area contributed by atoms with Gasteiger partial charge in [-0.2, -0.15) is 0 Å². The summed E-state index contributed by atoms with van der Waals surface area (Å²) in [6, 6.07) is 0. The maximum Gasteiger partial charge on any atom is 0.225 e.